The van der Waals surface area contributed by atoms with Gasteiger partial charge in [0, 0.05) is 0 Å². The Kier molecular flexibility index (Phi) is 3.60. The normalized spacial score (nSPS) is 15.1. The van der Waals surface area contributed by atoms with Gasteiger partial charge < -0.3 is 15.9 Å². The van der Waals surface area contributed by atoms with Crippen LogP contribution in [0.1, 0.15) is 13.8 Å². The fraction of sp³-hybridized carbons (Fsp3) is 0.571. The molecule has 0 saturated heterocycles. The van der Waals surface area contributed by atoms with E-state index >= 15 is 0 Å². The van der Waals surface area contributed by atoms with E-state index in [0.29, 0.717) is 0 Å². The van der Waals surface area contributed by atoms with E-state index in [1.165, 1.54) is 0 Å². The molecule has 1 unspecified atom stereocenters. The van der Waals surface area contributed by atoms with E-state index in [4.69, 9.17) is 15.9 Å². The van der Waals surface area contributed by atoms with E-state index in [1.807, 2.05) is 0 Å². The van der Waals surface area contributed by atoms with Gasteiger partial charge in [-0.05, 0) is 12.0 Å². The summed E-state index contributed by atoms with van der Waals surface area (Å²) in [5, 5.41) is 17.4. The SMILES string of the molecule is CC(C)C(O)C=C(N)C(=O)O. The molecular weight excluding hydrogens is 146 g/mol. The fourth-order valence-corrected chi connectivity index (χ4v) is 0.448. The molecule has 64 valence electrons. The number of rotatable bonds is 3. The highest BCUT2D eigenvalue weighted by Gasteiger charge is 2.09. The molecule has 0 aromatic rings. The smallest absolute Gasteiger partial charge is 0.351 e. The topological polar surface area (TPSA) is 83.5 Å². The van der Waals surface area contributed by atoms with E-state index in [1.54, 1.807) is 13.8 Å². The molecule has 4 heteroatoms. The van der Waals surface area contributed by atoms with Gasteiger partial charge in [0.15, 0.2) is 0 Å². The summed E-state index contributed by atoms with van der Waals surface area (Å²) < 4.78 is 0. The van der Waals surface area contributed by atoms with Crippen LogP contribution in [0.15, 0.2) is 11.8 Å². The Bertz CT molecular complexity index is 175. The summed E-state index contributed by atoms with van der Waals surface area (Å²) in [7, 11) is 0. The van der Waals surface area contributed by atoms with Gasteiger partial charge in [-0.15, -0.1) is 0 Å². The lowest BCUT2D eigenvalue weighted by atomic mass is 10.1. The zero-order chi connectivity index (χ0) is 9.02. The van der Waals surface area contributed by atoms with Crippen LogP contribution in [-0.2, 0) is 4.79 Å². The standard InChI is InChI=1S/C7H13NO3/c1-4(2)6(9)3-5(8)7(10)11/h3-4,6,9H,8H2,1-2H3,(H,10,11). The molecule has 0 saturated carbocycles. The molecular formula is C7H13NO3. The van der Waals surface area contributed by atoms with Crippen molar-refractivity contribution in [2.75, 3.05) is 0 Å². The Hall–Kier alpha value is -1.03. The molecule has 0 aromatic carbocycles. The fourth-order valence-electron chi connectivity index (χ4n) is 0.448. The van der Waals surface area contributed by atoms with E-state index in [0.717, 1.165) is 6.08 Å². The van der Waals surface area contributed by atoms with E-state index in [-0.39, 0.29) is 11.6 Å². The molecule has 0 bridgehead atoms. The lowest BCUT2D eigenvalue weighted by molar-refractivity contribution is -0.132. The highest BCUT2D eigenvalue weighted by atomic mass is 16.4. The molecule has 4 N–H and O–H groups in total. The number of aliphatic hydroxyl groups is 1. The van der Waals surface area contributed by atoms with Crippen LogP contribution in [0.2, 0.25) is 0 Å². The zero-order valence-corrected chi connectivity index (χ0v) is 6.61. The molecule has 0 aromatic heterocycles. The first-order chi connectivity index (χ1) is 4.95. The molecule has 11 heavy (non-hydrogen) atoms. The number of carboxylic acid groups (broad SMARTS) is 1. The summed E-state index contributed by atoms with van der Waals surface area (Å²) >= 11 is 0. The van der Waals surface area contributed by atoms with Crippen molar-refractivity contribution in [3.05, 3.63) is 11.8 Å². The minimum absolute atomic E-state index is 0.0205. The molecule has 0 aliphatic heterocycles. The van der Waals surface area contributed by atoms with Gasteiger partial charge in [-0.25, -0.2) is 4.79 Å². The van der Waals surface area contributed by atoms with Crippen molar-refractivity contribution >= 4 is 5.97 Å². The molecule has 0 fully saturated rings. The number of nitrogens with two attached hydrogens (primary N) is 1. The van der Waals surface area contributed by atoms with Crippen molar-refractivity contribution in [1.82, 2.24) is 0 Å². The predicted octanol–water partition coefficient (Wildman–Crippen LogP) is -0.0695. The third-order valence-corrected chi connectivity index (χ3v) is 1.28. The van der Waals surface area contributed by atoms with Crippen LogP contribution in [0.4, 0.5) is 0 Å². The Balaban J connectivity index is 4.19. The molecule has 0 rings (SSSR count). The van der Waals surface area contributed by atoms with Gasteiger partial charge in [-0.2, -0.15) is 0 Å². The Morgan fingerprint density at radius 2 is 2.00 bits per heavy atom. The molecule has 0 radical (unpaired) electrons. The van der Waals surface area contributed by atoms with Crippen molar-refractivity contribution in [1.29, 1.82) is 0 Å². The number of aliphatic hydroxyl groups excluding tert-OH is 1. The van der Waals surface area contributed by atoms with Crippen LogP contribution in [0.5, 0.6) is 0 Å². The van der Waals surface area contributed by atoms with Gasteiger partial charge in [0.2, 0.25) is 0 Å². The molecule has 0 heterocycles. The van der Waals surface area contributed by atoms with Crippen molar-refractivity contribution in [2.24, 2.45) is 11.7 Å². The first kappa shape index (κ1) is 9.97. The molecule has 0 spiro atoms. The molecule has 0 amide bonds. The lowest BCUT2D eigenvalue weighted by Gasteiger charge is -2.08. The maximum absolute atomic E-state index is 10.2. The molecule has 4 nitrogen and oxygen atoms in total. The van der Waals surface area contributed by atoms with Crippen LogP contribution in [0, 0.1) is 5.92 Å². The molecule has 0 aliphatic carbocycles. The van der Waals surface area contributed by atoms with Gasteiger partial charge >= 0.3 is 5.97 Å². The van der Waals surface area contributed by atoms with Crippen LogP contribution in [0.3, 0.4) is 0 Å². The van der Waals surface area contributed by atoms with E-state index in [9.17, 15) is 4.79 Å². The van der Waals surface area contributed by atoms with Crippen molar-refractivity contribution in [3.63, 3.8) is 0 Å². The highest BCUT2D eigenvalue weighted by molar-refractivity contribution is 5.85. The second-order valence-electron chi connectivity index (χ2n) is 2.66. The van der Waals surface area contributed by atoms with Crippen LogP contribution < -0.4 is 5.73 Å². The van der Waals surface area contributed by atoms with Crippen LogP contribution >= 0.6 is 0 Å². The minimum atomic E-state index is -1.20. The number of hydrogen-bond acceptors (Lipinski definition) is 3. The average molecular weight is 159 g/mol. The summed E-state index contributed by atoms with van der Waals surface area (Å²) in [6.07, 6.45) is 0.346. The maximum Gasteiger partial charge on any atom is 0.351 e. The van der Waals surface area contributed by atoms with E-state index in [2.05, 4.69) is 0 Å². The largest absolute Gasteiger partial charge is 0.477 e. The second kappa shape index (κ2) is 3.98. The van der Waals surface area contributed by atoms with Gasteiger partial charge in [-0.3, -0.25) is 0 Å². The third kappa shape index (κ3) is 3.62. The summed E-state index contributed by atoms with van der Waals surface area (Å²) in [6.45, 7) is 3.55. The van der Waals surface area contributed by atoms with E-state index < -0.39 is 12.1 Å². The second-order valence-corrected chi connectivity index (χ2v) is 2.66. The quantitative estimate of drug-likeness (QED) is 0.503. The maximum atomic E-state index is 10.2. The lowest BCUT2D eigenvalue weighted by Crippen LogP contribution is -2.18. The highest BCUT2D eigenvalue weighted by Crippen LogP contribution is 2.03. The Morgan fingerprint density at radius 3 is 2.27 bits per heavy atom. The predicted molar refractivity (Wildman–Crippen MR) is 40.8 cm³/mol. The number of hydrogen-bond donors (Lipinski definition) is 3. The van der Waals surface area contributed by atoms with Gasteiger partial charge in [0.1, 0.15) is 5.70 Å². The Labute approximate surface area is 65.3 Å². The average Bonchev–Trinajstić information content (AvgIpc) is 1.87. The number of aliphatic carboxylic acids is 1. The first-order valence-corrected chi connectivity index (χ1v) is 3.33. The van der Waals surface area contributed by atoms with Crippen molar-refractivity contribution < 1.29 is 15.0 Å². The van der Waals surface area contributed by atoms with Gasteiger partial charge in [0.05, 0.1) is 6.10 Å². The molecule has 1 atom stereocenters. The van der Waals surface area contributed by atoms with Crippen LogP contribution in [-0.4, -0.2) is 22.3 Å². The van der Waals surface area contributed by atoms with Crippen molar-refractivity contribution in [3.8, 4) is 0 Å². The monoisotopic (exact) mass is 159 g/mol. The van der Waals surface area contributed by atoms with Gasteiger partial charge in [0.25, 0.3) is 0 Å². The van der Waals surface area contributed by atoms with Crippen LogP contribution in [0.25, 0.3) is 0 Å². The van der Waals surface area contributed by atoms with Crippen molar-refractivity contribution in [2.45, 2.75) is 20.0 Å². The summed E-state index contributed by atoms with van der Waals surface area (Å²) in [5.74, 6) is -1.22. The summed E-state index contributed by atoms with van der Waals surface area (Å²) in [5.41, 5.74) is 4.74. The zero-order valence-electron chi connectivity index (χ0n) is 6.61. The number of carbonyl (C=O) groups is 1. The first-order valence-electron chi connectivity index (χ1n) is 3.33. The summed E-state index contributed by atoms with van der Waals surface area (Å²) in [4.78, 5) is 10.2. The number of carboxylic acids is 1. The van der Waals surface area contributed by atoms with Gasteiger partial charge in [-0.1, -0.05) is 13.8 Å². The molecule has 0 aliphatic rings. The minimum Gasteiger partial charge on any atom is -0.477 e. The Morgan fingerprint density at radius 1 is 1.55 bits per heavy atom. The summed E-state index contributed by atoms with van der Waals surface area (Å²) in [6, 6.07) is 0. The third-order valence-electron chi connectivity index (χ3n) is 1.28.